The van der Waals surface area contributed by atoms with Gasteiger partial charge in [-0.2, -0.15) is 0 Å². The van der Waals surface area contributed by atoms with Crippen molar-refractivity contribution in [2.75, 3.05) is 10.2 Å². The van der Waals surface area contributed by atoms with Gasteiger partial charge in [0.05, 0.1) is 0 Å². The van der Waals surface area contributed by atoms with Crippen molar-refractivity contribution in [2.24, 2.45) is 5.41 Å². The van der Waals surface area contributed by atoms with E-state index in [-0.39, 0.29) is 29.4 Å². The van der Waals surface area contributed by atoms with Crippen LogP contribution in [-0.4, -0.2) is 17.6 Å². The Bertz CT molecular complexity index is 1130. The average Bonchev–Trinajstić information content (AvgIpc) is 2.67. The van der Waals surface area contributed by atoms with Gasteiger partial charge in [0, 0.05) is 58.4 Å². The number of hydrogen-bond donors (Lipinski definition) is 1. The molecule has 0 spiro atoms. The predicted octanol–water partition coefficient (Wildman–Crippen LogP) is 6.12. The number of carbonyl (C=O) groups is 3. The molecule has 1 N–H and O–H groups in total. The van der Waals surface area contributed by atoms with E-state index in [9.17, 15) is 14.4 Å². The summed E-state index contributed by atoms with van der Waals surface area (Å²) in [7, 11) is 0. The Kier molecular flexibility index (Phi) is 5.91. The molecule has 2 amide bonds. The summed E-state index contributed by atoms with van der Waals surface area (Å²) in [5.74, 6) is -0.750. The summed E-state index contributed by atoms with van der Waals surface area (Å²) in [6.07, 6.45) is 1.07. The minimum absolute atomic E-state index is 0.0182. The molecule has 0 aromatic heterocycles. The van der Waals surface area contributed by atoms with Crippen LogP contribution in [0.1, 0.15) is 51.5 Å². The summed E-state index contributed by atoms with van der Waals surface area (Å²) < 4.78 is 0. The molecule has 0 saturated heterocycles. The van der Waals surface area contributed by atoms with E-state index in [1.807, 2.05) is 13.8 Å². The van der Waals surface area contributed by atoms with Crippen LogP contribution in [-0.2, 0) is 14.4 Å². The van der Waals surface area contributed by atoms with Crippen LogP contribution < -0.4 is 10.2 Å². The smallest absolute Gasteiger partial charge is 0.232 e. The number of Topliss-reactive ketones (excluding diaryl/α,β-unsaturated/α-hetero) is 1. The Hall–Kier alpha value is -2.63. The molecule has 1 unspecified atom stereocenters. The molecule has 2 aliphatic rings. The van der Waals surface area contributed by atoms with E-state index in [1.54, 1.807) is 47.4 Å². The predicted molar refractivity (Wildman–Crippen MR) is 127 cm³/mol. The van der Waals surface area contributed by atoms with Gasteiger partial charge in [-0.25, -0.2) is 0 Å². The van der Waals surface area contributed by atoms with Crippen LogP contribution in [0.3, 0.4) is 0 Å². The van der Waals surface area contributed by atoms with Crippen molar-refractivity contribution in [3.8, 4) is 0 Å². The maximum absolute atomic E-state index is 13.5. The second-order valence-electron chi connectivity index (χ2n) is 9.15. The van der Waals surface area contributed by atoms with Crippen molar-refractivity contribution >= 4 is 52.2 Å². The molecule has 1 heterocycles. The number of allylic oxidation sites excluding steroid dienone is 2. The monoisotopic (exact) mass is 470 g/mol. The lowest BCUT2D eigenvalue weighted by atomic mass is 9.69. The molecule has 0 saturated carbocycles. The lowest BCUT2D eigenvalue weighted by molar-refractivity contribution is -0.121. The molecular weight excluding hydrogens is 447 g/mol. The Morgan fingerprint density at radius 3 is 2.25 bits per heavy atom. The van der Waals surface area contributed by atoms with Gasteiger partial charge in [-0.3, -0.25) is 19.3 Å². The van der Waals surface area contributed by atoms with Gasteiger partial charge in [0.25, 0.3) is 0 Å². The first-order valence-corrected chi connectivity index (χ1v) is 11.2. The van der Waals surface area contributed by atoms with Gasteiger partial charge in [-0.05, 0) is 53.8 Å². The summed E-state index contributed by atoms with van der Waals surface area (Å²) in [6, 6.07) is 12.3. The Morgan fingerprint density at radius 2 is 1.66 bits per heavy atom. The summed E-state index contributed by atoms with van der Waals surface area (Å²) in [5, 5.41) is 3.63. The molecule has 1 atom stereocenters. The van der Waals surface area contributed by atoms with E-state index in [4.69, 9.17) is 23.2 Å². The lowest BCUT2D eigenvalue weighted by Gasteiger charge is -2.43. The van der Waals surface area contributed by atoms with Gasteiger partial charge in [0.1, 0.15) is 0 Å². The minimum Gasteiger partial charge on any atom is -0.326 e. The molecule has 1 aliphatic carbocycles. The zero-order valence-electron chi connectivity index (χ0n) is 18.2. The third-order valence-corrected chi connectivity index (χ3v) is 6.60. The van der Waals surface area contributed by atoms with Gasteiger partial charge >= 0.3 is 0 Å². The number of rotatable bonds is 3. The number of amides is 2. The molecule has 2 aromatic carbocycles. The lowest BCUT2D eigenvalue weighted by Crippen LogP contribution is -2.43. The topological polar surface area (TPSA) is 66.5 Å². The van der Waals surface area contributed by atoms with Crippen molar-refractivity contribution in [3.05, 3.63) is 69.3 Å². The van der Waals surface area contributed by atoms with Gasteiger partial charge in [-0.15, -0.1) is 0 Å². The average molecular weight is 471 g/mol. The molecule has 5 nitrogen and oxygen atoms in total. The first-order valence-electron chi connectivity index (χ1n) is 10.5. The molecular formula is C25H24Cl2N2O3. The highest BCUT2D eigenvalue weighted by atomic mass is 35.5. The zero-order chi connectivity index (χ0) is 23.2. The van der Waals surface area contributed by atoms with Crippen molar-refractivity contribution in [2.45, 2.75) is 46.0 Å². The van der Waals surface area contributed by atoms with E-state index in [0.717, 1.165) is 0 Å². The summed E-state index contributed by atoms with van der Waals surface area (Å²) in [5.41, 5.74) is 2.97. The van der Waals surface area contributed by atoms with Crippen LogP contribution in [0, 0.1) is 5.41 Å². The number of nitrogens with zero attached hydrogens (tertiary/aromatic N) is 1. The van der Waals surface area contributed by atoms with E-state index in [0.29, 0.717) is 51.1 Å². The molecule has 0 radical (unpaired) electrons. The highest BCUT2D eigenvalue weighted by Crippen LogP contribution is 2.50. The van der Waals surface area contributed by atoms with Crippen LogP contribution in [0.4, 0.5) is 11.4 Å². The van der Waals surface area contributed by atoms with Crippen LogP contribution in [0.2, 0.25) is 10.0 Å². The normalized spacial score (nSPS) is 20.3. The fraction of sp³-hybridized carbons (Fsp3) is 0.320. The quantitative estimate of drug-likeness (QED) is 0.587. The highest BCUT2D eigenvalue weighted by molar-refractivity contribution is 6.36. The van der Waals surface area contributed by atoms with Crippen molar-refractivity contribution < 1.29 is 14.4 Å². The molecule has 32 heavy (non-hydrogen) atoms. The van der Waals surface area contributed by atoms with Gasteiger partial charge in [0.2, 0.25) is 11.8 Å². The number of halogens is 2. The largest absolute Gasteiger partial charge is 0.326 e. The zero-order valence-corrected chi connectivity index (χ0v) is 19.7. The maximum Gasteiger partial charge on any atom is 0.232 e. The first-order chi connectivity index (χ1) is 15.1. The number of benzene rings is 2. The molecule has 0 bridgehead atoms. The number of hydrogen-bond acceptors (Lipinski definition) is 3. The third kappa shape index (κ3) is 4.19. The molecule has 166 valence electrons. The van der Waals surface area contributed by atoms with Gasteiger partial charge in [0.15, 0.2) is 5.78 Å². The van der Waals surface area contributed by atoms with E-state index >= 15 is 0 Å². The summed E-state index contributed by atoms with van der Waals surface area (Å²) in [4.78, 5) is 39.8. The van der Waals surface area contributed by atoms with Crippen LogP contribution >= 0.6 is 23.2 Å². The van der Waals surface area contributed by atoms with Crippen LogP contribution in [0.25, 0.3) is 0 Å². The Morgan fingerprint density at radius 1 is 1.03 bits per heavy atom. The van der Waals surface area contributed by atoms with E-state index in [1.165, 1.54) is 6.92 Å². The number of carbonyl (C=O) groups excluding carboxylic acids is 3. The van der Waals surface area contributed by atoms with Crippen molar-refractivity contribution in [1.82, 2.24) is 0 Å². The standard InChI is InChI=1S/C25H24Cl2N2O3/c1-14(30)28-15-7-9-16(10-8-15)29-20-12-25(2,3)13-21(31)24(20)17(11-22(29)32)23-18(26)5-4-6-19(23)27/h4-10,17H,11-13H2,1-3H3,(H,28,30). The fourth-order valence-electron chi connectivity index (χ4n) is 4.70. The molecule has 0 fully saturated rings. The Labute approximate surface area is 197 Å². The minimum atomic E-state index is -0.475. The van der Waals surface area contributed by atoms with Crippen LogP contribution in [0.15, 0.2) is 53.7 Å². The van der Waals surface area contributed by atoms with Crippen molar-refractivity contribution in [1.29, 1.82) is 0 Å². The highest BCUT2D eigenvalue weighted by Gasteiger charge is 2.45. The van der Waals surface area contributed by atoms with Gasteiger partial charge in [-0.1, -0.05) is 43.1 Å². The second-order valence-corrected chi connectivity index (χ2v) is 9.96. The molecule has 2 aromatic rings. The molecule has 4 rings (SSSR count). The number of anilines is 2. The van der Waals surface area contributed by atoms with Gasteiger partial charge < -0.3 is 5.32 Å². The molecule has 7 heteroatoms. The summed E-state index contributed by atoms with van der Waals surface area (Å²) >= 11 is 13.0. The molecule has 1 aliphatic heterocycles. The SMILES string of the molecule is CC(=O)Nc1ccc(N2C(=O)CC(c3c(Cl)cccc3Cl)C3=C2CC(C)(C)CC3=O)cc1. The Balaban J connectivity index is 1.86. The first kappa shape index (κ1) is 22.6. The second kappa shape index (κ2) is 8.38. The maximum atomic E-state index is 13.5. The van der Waals surface area contributed by atoms with E-state index in [2.05, 4.69) is 5.32 Å². The van der Waals surface area contributed by atoms with Crippen molar-refractivity contribution in [3.63, 3.8) is 0 Å². The number of ketones is 1. The van der Waals surface area contributed by atoms with E-state index < -0.39 is 5.92 Å². The van der Waals surface area contributed by atoms with Crippen LogP contribution in [0.5, 0.6) is 0 Å². The fourth-order valence-corrected chi connectivity index (χ4v) is 5.36. The summed E-state index contributed by atoms with van der Waals surface area (Å²) in [6.45, 7) is 5.50. The third-order valence-electron chi connectivity index (χ3n) is 5.94. The number of nitrogens with one attached hydrogen (secondary N) is 1.